The zero-order valence-electron chi connectivity index (χ0n) is 12.5. The highest BCUT2D eigenvalue weighted by Gasteiger charge is 2.14. The summed E-state index contributed by atoms with van der Waals surface area (Å²) in [5, 5.41) is 2.77. The number of aromatic nitrogens is 1. The van der Waals surface area contributed by atoms with Gasteiger partial charge in [-0.2, -0.15) is 0 Å². The SMILES string of the molecule is Cc1ccc(-c2nc(-c3ccc4c(c3)OCCO4)cs2)cc1F. The van der Waals surface area contributed by atoms with Crippen LogP contribution in [-0.2, 0) is 0 Å². The molecular formula is C18H14FNO2S. The Labute approximate surface area is 137 Å². The van der Waals surface area contributed by atoms with E-state index < -0.39 is 0 Å². The third-order valence-corrected chi connectivity index (χ3v) is 4.65. The largest absolute Gasteiger partial charge is 0.486 e. The summed E-state index contributed by atoms with van der Waals surface area (Å²) in [4.78, 5) is 4.63. The molecule has 23 heavy (non-hydrogen) atoms. The first-order chi connectivity index (χ1) is 11.2. The molecule has 1 aliphatic rings. The Morgan fingerprint density at radius 1 is 1.00 bits per heavy atom. The maximum atomic E-state index is 13.7. The Morgan fingerprint density at radius 3 is 2.61 bits per heavy atom. The number of nitrogens with zero attached hydrogens (tertiary/aromatic N) is 1. The minimum absolute atomic E-state index is 0.210. The van der Waals surface area contributed by atoms with E-state index in [1.54, 1.807) is 13.0 Å². The molecular weight excluding hydrogens is 313 g/mol. The van der Waals surface area contributed by atoms with E-state index in [2.05, 4.69) is 4.98 Å². The lowest BCUT2D eigenvalue weighted by Crippen LogP contribution is -2.15. The molecule has 2 aromatic carbocycles. The predicted octanol–water partition coefficient (Wildman–Crippen LogP) is 4.70. The molecule has 1 aromatic heterocycles. The minimum atomic E-state index is -0.210. The molecule has 0 radical (unpaired) electrons. The normalized spacial score (nSPS) is 13.1. The highest BCUT2D eigenvalue weighted by Crippen LogP contribution is 2.36. The molecule has 0 bridgehead atoms. The summed E-state index contributed by atoms with van der Waals surface area (Å²) >= 11 is 1.50. The molecule has 4 rings (SSSR count). The number of hydrogen-bond acceptors (Lipinski definition) is 4. The Morgan fingerprint density at radius 2 is 1.78 bits per heavy atom. The van der Waals surface area contributed by atoms with Crippen LogP contribution < -0.4 is 9.47 Å². The number of hydrogen-bond donors (Lipinski definition) is 0. The second-order valence-corrected chi connectivity index (χ2v) is 6.22. The van der Waals surface area contributed by atoms with Crippen LogP contribution in [0.1, 0.15) is 5.56 Å². The van der Waals surface area contributed by atoms with E-state index in [0.717, 1.165) is 33.3 Å². The maximum Gasteiger partial charge on any atom is 0.162 e. The van der Waals surface area contributed by atoms with Crippen molar-refractivity contribution in [2.75, 3.05) is 13.2 Å². The lowest BCUT2D eigenvalue weighted by Gasteiger charge is -2.18. The second-order valence-electron chi connectivity index (χ2n) is 5.36. The van der Waals surface area contributed by atoms with Crippen molar-refractivity contribution in [1.29, 1.82) is 0 Å². The van der Waals surface area contributed by atoms with E-state index in [1.165, 1.54) is 17.4 Å². The first-order valence-electron chi connectivity index (χ1n) is 7.33. The monoisotopic (exact) mass is 327 g/mol. The second kappa shape index (κ2) is 5.66. The summed E-state index contributed by atoms with van der Waals surface area (Å²) in [6, 6.07) is 11.0. The molecule has 5 heteroatoms. The highest BCUT2D eigenvalue weighted by molar-refractivity contribution is 7.13. The molecule has 1 aliphatic heterocycles. The summed E-state index contributed by atoms with van der Waals surface area (Å²) in [6.07, 6.45) is 0. The molecule has 0 aliphatic carbocycles. The zero-order valence-corrected chi connectivity index (χ0v) is 13.3. The molecule has 0 spiro atoms. The van der Waals surface area contributed by atoms with Gasteiger partial charge in [-0.05, 0) is 36.8 Å². The summed E-state index contributed by atoms with van der Waals surface area (Å²) in [5.41, 5.74) is 3.24. The number of fused-ring (bicyclic) bond motifs is 1. The van der Waals surface area contributed by atoms with E-state index >= 15 is 0 Å². The molecule has 0 saturated carbocycles. The third kappa shape index (κ3) is 2.68. The van der Waals surface area contributed by atoms with Gasteiger partial charge in [-0.1, -0.05) is 12.1 Å². The lowest BCUT2D eigenvalue weighted by molar-refractivity contribution is 0.171. The molecule has 0 fully saturated rings. The predicted molar refractivity (Wildman–Crippen MR) is 88.7 cm³/mol. The quantitative estimate of drug-likeness (QED) is 0.684. The van der Waals surface area contributed by atoms with Crippen molar-refractivity contribution in [2.24, 2.45) is 0 Å². The van der Waals surface area contributed by atoms with Gasteiger partial charge in [-0.25, -0.2) is 9.37 Å². The first kappa shape index (κ1) is 14.2. The number of ether oxygens (including phenoxy) is 2. The highest BCUT2D eigenvalue weighted by atomic mass is 32.1. The molecule has 0 saturated heterocycles. The summed E-state index contributed by atoms with van der Waals surface area (Å²) in [7, 11) is 0. The van der Waals surface area contributed by atoms with Crippen LogP contribution in [-0.4, -0.2) is 18.2 Å². The van der Waals surface area contributed by atoms with Crippen LogP contribution in [0.4, 0.5) is 4.39 Å². The van der Waals surface area contributed by atoms with Gasteiger partial charge in [0.2, 0.25) is 0 Å². The van der Waals surface area contributed by atoms with Crippen molar-refractivity contribution in [3.05, 3.63) is 53.2 Å². The van der Waals surface area contributed by atoms with Crippen LogP contribution in [0.3, 0.4) is 0 Å². The van der Waals surface area contributed by atoms with E-state index in [1.807, 2.05) is 29.6 Å². The van der Waals surface area contributed by atoms with Crippen molar-refractivity contribution in [3.63, 3.8) is 0 Å². The average Bonchev–Trinajstić information content (AvgIpc) is 3.07. The number of rotatable bonds is 2. The van der Waals surface area contributed by atoms with E-state index in [-0.39, 0.29) is 5.82 Å². The molecule has 3 nitrogen and oxygen atoms in total. The fraction of sp³-hybridized carbons (Fsp3) is 0.167. The van der Waals surface area contributed by atoms with Gasteiger partial charge in [0.25, 0.3) is 0 Å². The third-order valence-electron chi connectivity index (χ3n) is 3.76. The van der Waals surface area contributed by atoms with Crippen molar-refractivity contribution in [2.45, 2.75) is 6.92 Å². The zero-order chi connectivity index (χ0) is 15.8. The standard InChI is InChI=1S/C18H14FNO2S/c1-11-2-3-13(8-14(11)19)18-20-15(10-23-18)12-4-5-16-17(9-12)22-7-6-21-16/h2-5,8-10H,6-7H2,1H3. The summed E-state index contributed by atoms with van der Waals surface area (Å²) in [5.74, 6) is 1.29. The van der Waals surface area contributed by atoms with Crippen LogP contribution in [0.2, 0.25) is 0 Å². The smallest absolute Gasteiger partial charge is 0.162 e. The molecule has 0 atom stereocenters. The Kier molecular flexibility index (Phi) is 3.50. The number of benzene rings is 2. The Bertz CT molecular complexity index is 875. The van der Waals surface area contributed by atoms with Crippen LogP contribution in [0.15, 0.2) is 41.8 Å². The fourth-order valence-electron chi connectivity index (χ4n) is 2.47. The number of thiazole rings is 1. The lowest BCUT2D eigenvalue weighted by atomic mass is 10.1. The Balaban J connectivity index is 1.68. The van der Waals surface area contributed by atoms with Gasteiger partial charge in [0, 0.05) is 16.5 Å². The van der Waals surface area contributed by atoms with Crippen LogP contribution in [0, 0.1) is 12.7 Å². The van der Waals surface area contributed by atoms with Gasteiger partial charge < -0.3 is 9.47 Å². The van der Waals surface area contributed by atoms with Crippen LogP contribution in [0.25, 0.3) is 21.8 Å². The Hall–Kier alpha value is -2.40. The first-order valence-corrected chi connectivity index (χ1v) is 8.21. The topological polar surface area (TPSA) is 31.4 Å². The van der Waals surface area contributed by atoms with Gasteiger partial charge in [-0.15, -0.1) is 11.3 Å². The maximum absolute atomic E-state index is 13.7. The van der Waals surface area contributed by atoms with Gasteiger partial charge in [0.15, 0.2) is 11.5 Å². The van der Waals surface area contributed by atoms with Crippen molar-refractivity contribution in [3.8, 4) is 33.3 Å². The van der Waals surface area contributed by atoms with E-state index in [4.69, 9.17) is 9.47 Å². The number of aryl methyl sites for hydroxylation is 1. The van der Waals surface area contributed by atoms with Crippen molar-refractivity contribution in [1.82, 2.24) is 4.98 Å². The van der Waals surface area contributed by atoms with E-state index in [0.29, 0.717) is 18.8 Å². The molecule has 3 aromatic rings. The summed E-state index contributed by atoms with van der Waals surface area (Å²) in [6.45, 7) is 2.88. The van der Waals surface area contributed by atoms with Gasteiger partial charge in [0.1, 0.15) is 24.0 Å². The molecule has 0 N–H and O–H groups in total. The van der Waals surface area contributed by atoms with Gasteiger partial charge in [0.05, 0.1) is 5.69 Å². The van der Waals surface area contributed by atoms with E-state index in [9.17, 15) is 4.39 Å². The van der Waals surface area contributed by atoms with Crippen LogP contribution in [0.5, 0.6) is 11.5 Å². The fourth-order valence-corrected chi connectivity index (χ4v) is 3.29. The van der Waals surface area contributed by atoms with Crippen molar-refractivity contribution >= 4 is 11.3 Å². The summed E-state index contributed by atoms with van der Waals surface area (Å²) < 4.78 is 24.9. The average molecular weight is 327 g/mol. The van der Waals surface area contributed by atoms with Crippen LogP contribution >= 0.6 is 11.3 Å². The molecule has 2 heterocycles. The van der Waals surface area contributed by atoms with Crippen molar-refractivity contribution < 1.29 is 13.9 Å². The van der Waals surface area contributed by atoms with Gasteiger partial charge >= 0.3 is 0 Å². The van der Waals surface area contributed by atoms with Gasteiger partial charge in [-0.3, -0.25) is 0 Å². The molecule has 0 amide bonds. The number of halogens is 1. The molecule has 0 unspecified atom stereocenters. The minimum Gasteiger partial charge on any atom is -0.486 e. The molecule has 116 valence electrons.